The molecule has 3 rings (SSSR count). The minimum absolute atomic E-state index is 0. The fraction of sp³-hybridized carbons (Fsp3) is 0.250. The monoisotopic (exact) mass is 339 g/mol. The van der Waals surface area contributed by atoms with Crippen LogP contribution in [-0.2, 0) is 24.3 Å². The number of hydrogen-bond donors (Lipinski definition) is 2. The van der Waals surface area contributed by atoms with E-state index < -0.39 is 0 Å². The van der Waals surface area contributed by atoms with Crippen molar-refractivity contribution in [3.05, 3.63) is 65.5 Å². The Balaban J connectivity index is 0.00000121. The summed E-state index contributed by atoms with van der Waals surface area (Å²) < 4.78 is 0. The summed E-state index contributed by atoms with van der Waals surface area (Å²) in [5, 5.41) is 6.21. The number of nitrogens with zero attached hydrogens (tertiary/aromatic N) is 1. The first-order valence-corrected chi connectivity index (χ1v) is 6.81. The molecular formula is C16H19Cl2N3O. The van der Waals surface area contributed by atoms with E-state index >= 15 is 0 Å². The number of benzene rings is 1. The van der Waals surface area contributed by atoms with Crippen molar-refractivity contribution in [1.82, 2.24) is 15.6 Å². The van der Waals surface area contributed by atoms with Gasteiger partial charge in [-0.1, -0.05) is 30.3 Å². The molecule has 0 spiro atoms. The van der Waals surface area contributed by atoms with Crippen molar-refractivity contribution in [3.8, 4) is 0 Å². The van der Waals surface area contributed by atoms with Gasteiger partial charge in [0.1, 0.15) is 0 Å². The largest absolute Gasteiger partial charge is 0.349 e. The number of aromatic nitrogens is 1. The number of pyridine rings is 1. The number of rotatable bonds is 3. The zero-order valence-electron chi connectivity index (χ0n) is 12.0. The van der Waals surface area contributed by atoms with E-state index in [4.69, 9.17) is 0 Å². The third kappa shape index (κ3) is 4.44. The summed E-state index contributed by atoms with van der Waals surface area (Å²) in [5.41, 5.74) is 3.41. The Kier molecular flexibility index (Phi) is 7.32. The van der Waals surface area contributed by atoms with Crippen LogP contribution < -0.4 is 10.6 Å². The molecule has 2 aromatic rings. The summed E-state index contributed by atoms with van der Waals surface area (Å²) in [5.74, 6) is 0.0326. The van der Waals surface area contributed by atoms with Gasteiger partial charge in [-0.25, -0.2) is 0 Å². The number of carbonyl (C=O) groups excluding carboxylic acids is 1. The van der Waals surface area contributed by atoms with Gasteiger partial charge < -0.3 is 10.6 Å². The molecule has 0 saturated heterocycles. The summed E-state index contributed by atoms with van der Waals surface area (Å²) in [6.07, 6.45) is 2.47. The summed E-state index contributed by atoms with van der Waals surface area (Å²) in [7, 11) is 0. The predicted octanol–water partition coefficient (Wildman–Crippen LogP) is 2.26. The highest BCUT2D eigenvalue weighted by Gasteiger charge is 2.23. The van der Waals surface area contributed by atoms with Gasteiger partial charge in [-0.3, -0.25) is 9.78 Å². The highest BCUT2D eigenvalue weighted by molar-refractivity contribution is 5.85. The molecule has 4 nitrogen and oxygen atoms in total. The van der Waals surface area contributed by atoms with Crippen LogP contribution in [0.4, 0.5) is 0 Å². The number of halogens is 2. The second-order valence-electron chi connectivity index (χ2n) is 4.95. The maximum Gasteiger partial charge on any atom is 0.237 e. The molecule has 1 aromatic heterocycles. The molecule has 2 heterocycles. The van der Waals surface area contributed by atoms with E-state index in [1.54, 1.807) is 6.20 Å². The summed E-state index contributed by atoms with van der Waals surface area (Å²) >= 11 is 0. The minimum atomic E-state index is -0.159. The van der Waals surface area contributed by atoms with Crippen molar-refractivity contribution >= 4 is 30.7 Å². The number of amides is 1. The summed E-state index contributed by atoms with van der Waals surface area (Å²) in [6, 6.07) is 13.8. The number of nitrogens with one attached hydrogen (secondary N) is 2. The van der Waals surface area contributed by atoms with Gasteiger partial charge in [-0.2, -0.15) is 0 Å². The molecule has 0 bridgehead atoms. The topological polar surface area (TPSA) is 54.0 Å². The van der Waals surface area contributed by atoms with Crippen LogP contribution in [0.5, 0.6) is 0 Å². The Morgan fingerprint density at radius 3 is 2.59 bits per heavy atom. The quantitative estimate of drug-likeness (QED) is 0.901. The molecule has 0 aliphatic carbocycles. The van der Waals surface area contributed by atoms with Gasteiger partial charge in [-0.05, 0) is 29.7 Å². The van der Waals surface area contributed by atoms with Gasteiger partial charge in [0.05, 0.1) is 18.3 Å². The second-order valence-corrected chi connectivity index (χ2v) is 4.95. The molecule has 1 unspecified atom stereocenters. The Bertz CT molecular complexity index is 607. The van der Waals surface area contributed by atoms with Crippen molar-refractivity contribution in [1.29, 1.82) is 0 Å². The Morgan fingerprint density at radius 1 is 1.14 bits per heavy atom. The maximum absolute atomic E-state index is 12.2. The van der Waals surface area contributed by atoms with E-state index in [-0.39, 0.29) is 36.8 Å². The third-order valence-electron chi connectivity index (χ3n) is 3.57. The molecule has 1 aromatic carbocycles. The highest BCUT2D eigenvalue weighted by Crippen LogP contribution is 2.16. The van der Waals surface area contributed by atoms with Crippen molar-refractivity contribution < 1.29 is 4.79 Å². The van der Waals surface area contributed by atoms with E-state index in [0.29, 0.717) is 6.54 Å². The van der Waals surface area contributed by atoms with Gasteiger partial charge in [0.2, 0.25) is 5.91 Å². The summed E-state index contributed by atoms with van der Waals surface area (Å²) in [4.78, 5) is 16.4. The van der Waals surface area contributed by atoms with E-state index in [1.807, 2.05) is 30.3 Å². The van der Waals surface area contributed by atoms with Gasteiger partial charge in [0.15, 0.2) is 0 Å². The molecule has 1 aliphatic heterocycles. The SMILES string of the molecule is Cl.Cl.O=C(NCc1ccccn1)C1Cc2ccccc2CN1. The molecule has 6 heteroatoms. The van der Waals surface area contributed by atoms with E-state index in [2.05, 4.69) is 27.8 Å². The molecule has 1 atom stereocenters. The first-order chi connectivity index (χ1) is 9.83. The average Bonchev–Trinajstić information content (AvgIpc) is 2.53. The van der Waals surface area contributed by atoms with Gasteiger partial charge in [-0.15, -0.1) is 24.8 Å². The van der Waals surface area contributed by atoms with Gasteiger partial charge in [0, 0.05) is 12.7 Å². The Hall–Kier alpha value is -1.62. The first-order valence-electron chi connectivity index (χ1n) is 6.81. The van der Waals surface area contributed by atoms with Crippen molar-refractivity contribution in [2.24, 2.45) is 0 Å². The number of carbonyl (C=O) groups is 1. The van der Waals surface area contributed by atoms with E-state index in [9.17, 15) is 4.79 Å². The molecule has 1 amide bonds. The molecule has 1 aliphatic rings. The summed E-state index contributed by atoms with van der Waals surface area (Å²) in [6.45, 7) is 1.22. The van der Waals surface area contributed by atoms with Crippen LogP contribution in [0.2, 0.25) is 0 Å². The molecular weight excluding hydrogens is 321 g/mol. The van der Waals surface area contributed by atoms with Crippen LogP contribution in [0.1, 0.15) is 16.8 Å². The van der Waals surface area contributed by atoms with Crippen LogP contribution in [0.15, 0.2) is 48.7 Å². The molecule has 22 heavy (non-hydrogen) atoms. The smallest absolute Gasteiger partial charge is 0.237 e. The minimum Gasteiger partial charge on any atom is -0.349 e. The van der Waals surface area contributed by atoms with Crippen molar-refractivity contribution in [2.75, 3.05) is 0 Å². The molecule has 0 radical (unpaired) electrons. The Labute approximate surface area is 142 Å². The molecule has 0 saturated carbocycles. The lowest BCUT2D eigenvalue weighted by Gasteiger charge is -2.25. The van der Waals surface area contributed by atoms with Crippen LogP contribution in [0.25, 0.3) is 0 Å². The zero-order valence-corrected chi connectivity index (χ0v) is 13.6. The zero-order chi connectivity index (χ0) is 13.8. The first kappa shape index (κ1) is 18.4. The van der Waals surface area contributed by atoms with Gasteiger partial charge >= 0.3 is 0 Å². The van der Waals surface area contributed by atoms with Crippen molar-refractivity contribution in [2.45, 2.75) is 25.6 Å². The number of hydrogen-bond acceptors (Lipinski definition) is 3. The lowest BCUT2D eigenvalue weighted by atomic mass is 9.95. The van der Waals surface area contributed by atoms with Crippen molar-refractivity contribution in [3.63, 3.8) is 0 Å². The highest BCUT2D eigenvalue weighted by atomic mass is 35.5. The molecule has 0 fully saturated rings. The van der Waals surface area contributed by atoms with E-state index in [1.165, 1.54) is 11.1 Å². The third-order valence-corrected chi connectivity index (χ3v) is 3.57. The second kappa shape index (κ2) is 8.73. The van der Waals surface area contributed by atoms with Crippen LogP contribution in [0.3, 0.4) is 0 Å². The van der Waals surface area contributed by atoms with Crippen LogP contribution in [-0.4, -0.2) is 16.9 Å². The Morgan fingerprint density at radius 2 is 1.86 bits per heavy atom. The van der Waals surface area contributed by atoms with Crippen LogP contribution in [0, 0.1) is 0 Å². The van der Waals surface area contributed by atoms with Crippen LogP contribution >= 0.6 is 24.8 Å². The standard InChI is InChI=1S/C16H17N3O.2ClH/c20-16(19-11-14-7-3-4-8-17-14)15-9-12-5-1-2-6-13(12)10-18-15;;/h1-8,15,18H,9-11H2,(H,19,20);2*1H. The molecule has 2 N–H and O–H groups in total. The lowest BCUT2D eigenvalue weighted by Crippen LogP contribution is -2.47. The lowest BCUT2D eigenvalue weighted by molar-refractivity contribution is -0.123. The maximum atomic E-state index is 12.2. The van der Waals surface area contributed by atoms with Gasteiger partial charge in [0.25, 0.3) is 0 Å². The fourth-order valence-electron chi connectivity index (χ4n) is 2.44. The predicted molar refractivity (Wildman–Crippen MR) is 91.4 cm³/mol. The molecule has 118 valence electrons. The van der Waals surface area contributed by atoms with E-state index in [0.717, 1.165) is 18.7 Å². The normalized spacial score (nSPS) is 15.7. The fourth-order valence-corrected chi connectivity index (χ4v) is 2.44. The number of fused-ring (bicyclic) bond motifs is 1. The average molecular weight is 340 g/mol.